The molecule has 1 aliphatic carbocycles. The van der Waals surface area contributed by atoms with Crippen LogP contribution in [-0.2, 0) is 4.79 Å². The first-order valence-electron chi connectivity index (χ1n) is 10.4. The van der Waals surface area contributed by atoms with E-state index in [1.807, 2.05) is 47.5 Å². The first-order chi connectivity index (χ1) is 15.5. The van der Waals surface area contributed by atoms with Crippen LogP contribution in [0.15, 0.2) is 84.0 Å². The van der Waals surface area contributed by atoms with Crippen molar-refractivity contribution >= 4 is 34.9 Å². The third-order valence-corrected chi connectivity index (χ3v) is 5.56. The van der Waals surface area contributed by atoms with Gasteiger partial charge < -0.3 is 11.1 Å². The fourth-order valence-electron chi connectivity index (χ4n) is 3.55. The summed E-state index contributed by atoms with van der Waals surface area (Å²) >= 11 is 6.00. The zero-order valence-electron chi connectivity index (χ0n) is 17.4. The summed E-state index contributed by atoms with van der Waals surface area (Å²) in [6.07, 6.45) is 8.66. The van der Waals surface area contributed by atoms with E-state index < -0.39 is 12.1 Å². The van der Waals surface area contributed by atoms with Crippen molar-refractivity contribution in [3.63, 3.8) is 0 Å². The van der Waals surface area contributed by atoms with Crippen LogP contribution in [0.4, 0.5) is 10.5 Å². The number of carbonyl (C=O) groups excluding carboxylic acids is 2. The summed E-state index contributed by atoms with van der Waals surface area (Å²) in [7, 11) is 0. The second-order valence-corrected chi connectivity index (χ2v) is 8.02. The van der Waals surface area contributed by atoms with Crippen LogP contribution in [0, 0.1) is 0 Å². The number of nitrogens with zero attached hydrogens (tertiary/aromatic N) is 3. The number of halogens is 1. The van der Waals surface area contributed by atoms with Gasteiger partial charge in [0.25, 0.3) is 0 Å². The van der Waals surface area contributed by atoms with E-state index in [0.29, 0.717) is 16.3 Å². The summed E-state index contributed by atoms with van der Waals surface area (Å²) in [6, 6.07) is 13.7. The molecule has 164 valence electrons. The first kappa shape index (κ1) is 21.6. The molecule has 1 saturated heterocycles. The van der Waals surface area contributed by atoms with Crippen LogP contribution in [0.1, 0.15) is 18.0 Å². The maximum absolute atomic E-state index is 13.4. The van der Waals surface area contributed by atoms with Gasteiger partial charge in [-0.25, -0.2) is 4.79 Å². The highest BCUT2D eigenvalue weighted by Gasteiger charge is 2.32. The third kappa shape index (κ3) is 5.00. The van der Waals surface area contributed by atoms with Gasteiger partial charge in [0.05, 0.1) is 11.8 Å². The number of hydrogen-bond donors (Lipinski definition) is 2. The maximum Gasteiger partial charge on any atom is 0.320 e. The number of amides is 3. The Morgan fingerprint density at radius 1 is 1.06 bits per heavy atom. The molecule has 0 bridgehead atoms. The lowest BCUT2D eigenvalue weighted by Gasteiger charge is -2.31. The summed E-state index contributed by atoms with van der Waals surface area (Å²) in [6.45, 7) is 1.94. The number of benzene rings is 2. The molecule has 2 aliphatic rings. The van der Waals surface area contributed by atoms with E-state index in [0.717, 1.165) is 25.2 Å². The van der Waals surface area contributed by atoms with Gasteiger partial charge in [-0.1, -0.05) is 54.1 Å². The highest BCUT2D eigenvalue weighted by molar-refractivity contribution is 6.30. The molecule has 1 aliphatic heterocycles. The molecule has 4 rings (SSSR count). The molecule has 7 nitrogen and oxygen atoms in total. The van der Waals surface area contributed by atoms with Crippen molar-refractivity contribution in [2.24, 2.45) is 10.8 Å². The second-order valence-electron chi connectivity index (χ2n) is 7.58. The monoisotopic (exact) mass is 449 g/mol. The van der Waals surface area contributed by atoms with E-state index in [1.54, 1.807) is 36.4 Å². The zero-order chi connectivity index (χ0) is 22.5. The number of allylic oxidation sites excluding steroid dienone is 2. The molecule has 8 heteroatoms. The fraction of sp³-hybridized carbons (Fsp3) is 0.208. The topological polar surface area (TPSA) is 91.0 Å². The largest absolute Gasteiger partial charge is 0.351 e. The molecule has 1 unspecified atom stereocenters. The van der Waals surface area contributed by atoms with E-state index in [1.165, 1.54) is 4.90 Å². The average Bonchev–Trinajstić information content (AvgIpc) is 2.76. The predicted molar refractivity (Wildman–Crippen MR) is 127 cm³/mol. The van der Waals surface area contributed by atoms with Gasteiger partial charge in [0.2, 0.25) is 5.91 Å². The minimum Gasteiger partial charge on any atom is -0.351 e. The van der Waals surface area contributed by atoms with Crippen LogP contribution in [0.3, 0.4) is 0 Å². The van der Waals surface area contributed by atoms with Crippen molar-refractivity contribution < 1.29 is 9.59 Å². The Labute approximate surface area is 191 Å². The molecule has 2 aromatic rings. The Morgan fingerprint density at radius 2 is 1.72 bits per heavy atom. The summed E-state index contributed by atoms with van der Waals surface area (Å²) in [4.78, 5) is 27.2. The molecular weight excluding hydrogens is 426 g/mol. The molecule has 1 fully saturated rings. The number of nitrogens with one attached hydrogen (secondary N) is 1. The van der Waals surface area contributed by atoms with Gasteiger partial charge in [-0.15, -0.1) is 0 Å². The number of carbonyl (C=O) groups is 2. The van der Waals surface area contributed by atoms with Gasteiger partial charge in [-0.3, -0.25) is 14.7 Å². The molecule has 0 saturated carbocycles. The van der Waals surface area contributed by atoms with Crippen molar-refractivity contribution in [1.82, 2.24) is 10.3 Å². The van der Waals surface area contributed by atoms with Crippen molar-refractivity contribution in [3.8, 4) is 0 Å². The molecule has 0 radical (unpaired) electrons. The average molecular weight is 450 g/mol. The number of hydrogen-bond acceptors (Lipinski definition) is 4. The number of nitrogens with two attached hydrogens (primary N) is 1. The van der Waals surface area contributed by atoms with E-state index in [-0.39, 0.29) is 11.9 Å². The molecule has 3 N–H and O–H groups in total. The summed E-state index contributed by atoms with van der Waals surface area (Å²) in [5, 5.41) is 10.0. The lowest BCUT2D eigenvalue weighted by Crippen LogP contribution is -2.48. The van der Waals surface area contributed by atoms with Crippen LogP contribution >= 0.6 is 11.6 Å². The second kappa shape index (κ2) is 9.70. The van der Waals surface area contributed by atoms with E-state index in [4.69, 9.17) is 17.3 Å². The highest BCUT2D eigenvalue weighted by atomic mass is 35.5. The predicted octanol–water partition coefficient (Wildman–Crippen LogP) is 3.64. The van der Waals surface area contributed by atoms with Crippen LogP contribution in [-0.4, -0.2) is 41.8 Å². The van der Waals surface area contributed by atoms with Crippen molar-refractivity contribution in [1.29, 1.82) is 0 Å². The SMILES string of the molecule is NC(=O)N(c1ccc(Cl)cc1)C(C(=O)NC1C=CC(=NN2CCC2)C=C1)c1ccccc1. The quantitative estimate of drug-likeness (QED) is 0.705. The highest BCUT2D eigenvalue weighted by Crippen LogP contribution is 2.29. The number of anilines is 1. The van der Waals surface area contributed by atoms with E-state index in [9.17, 15) is 9.59 Å². The number of urea groups is 1. The number of primary amides is 1. The lowest BCUT2D eigenvalue weighted by atomic mass is 10.0. The van der Waals surface area contributed by atoms with E-state index >= 15 is 0 Å². The van der Waals surface area contributed by atoms with Gasteiger partial charge in [0.15, 0.2) is 0 Å². The smallest absolute Gasteiger partial charge is 0.320 e. The van der Waals surface area contributed by atoms with Crippen LogP contribution in [0.2, 0.25) is 5.02 Å². The standard InChI is InChI=1S/C24H24ClN5O2/c25-18-7-13-21(14-8-18)30(24(26)32)22(17-5-2-1-3-6-17)23(31)27-19-9-11-20(12-10-19)28-29-15-4-16-29/h1-3,5-14,19,22H,4,15-16H2,(H2,26,32)(H,27,31). The molecule has 32 heavy (non-hydrogen) atoms. The Kier molecular flexibility index (Phi) is 6.56. The minimum atomic E-state index is -0.951. The normalized spacial score (nSPS) is 18.0. The van der Waals surface area contributed by atoms with Crippen LogP contribution in [0.25, 0.3) is 0 Å². The zero-order valence-corrected chi connectivity index (χ0v) is 18.2. The Hall–Kier alpha value is -3.58. The number of rotatable bonds is 6. The van der Waals surface area contributed by atoms with Crippen molar-refractivity contribution in [2.75, 3.05) is 18.0 Å². The summed E-state index contributed by atoms with van der Waals surface area (Å²) in [5.41, 5.74) is 7.68. The lowest BCUT2D eigenvalue weighted by molar-refractivity contribution is -0.122. The molecule has 1 atom stereocenters. The van der Waals surface area contributed by atoms with E-state index in [2.05, 4.69) is 10.4 Å². The molecular formula is C24H24ClN5O2. The van der Waals surface area contributed by atoms with Gasteiger partial charge in [0.1, 0.15) is 6.04 Å². The van der Waals surface area contributed by atoms with Crippen molar-refractivity contribution in [2.45, 2.75) is 18.5 Å². The third-order valence-electron chi connectivity index (χ3n) is 5.31. The molecule has 0 spiro atoms. The summed E-state index contributed by atoms with van der Waals surface area (Å²) in [5.74, 6) is -0.354. The Bertz CT molecular complexity index is 1050. The van der Waals surface area contributed by atoms with Gasteiger partial charge >= 0.3 is 6.03 Å². The number of hydrazone groups is 1. The van der Waals surface area contributed by atoms with Gasteiger partial charge in [0, 0.05) is 23.8 Å². The molecule has 3 amide bonds. The minimum absolute atomic E-state index is 0.330. The maximum atomic E-state index is 13.4. The van der Waals surface area contributed by atoms with Crippen LogP contribution < -0.4 is 16.0 Å². The molecule has 1 heterocycles. The Morgan fingerprint density at radius 3 is 2.28 bits per heavy atom. The summed E-state index contributed by atoms with van der Waals surface area (Å²) < 4.78 is 0. The first-order valence-corrected chi connectivity index (χ1v) is 10.8. The van der Waals surface area contributed by atoms with Crippen LogP contribution in [0.5, 0.6) is 0 Å². The Balaban J connectivity index is 1.58. The van der Waals surface area contributed by atoms with Crippen molar-refractivity contribution in [3.05, 3.63) is 89.5 Å². The fourth-order valence-corrected chi connectivity index (χ4v) is 3.68. The molecule has 0 aromatic heterocycles. The van der Waals surface area contributed by atoms with Gasteiger partial charge in [-0.05, 0) is 48.4 Å². The molecule has 2 aromatic carbocycles. The van der Waals surface area contributed by atoms with Gasteiger partial charge in [-0.2, -0.15) is 5.10 Å².